The second-order valence-corrected chi connectivity index (χ2v) is 6.28. The molecular formula is C18H21ClN2O2. The van der Waals surface area contributed by atoms with Crippen molar-refractivity contribution in [3.8, 4) is 5.75 Å². The molecule has 0 bridgehead atoms. The van der Waals surface area contributed by atoms with Crippen LogP contribution in [0.15, 0.2) is 54.4 Å². The maximum Gasteiger partial charge on any atom is 0.140 e. The molecular weight excluding hydrogens is 312 g/mol. The zero-order valence-corrected chi connectivity index (χ0v) is 13.9. The highest BCUT2D eigenvalue weighted by molar-refractivity contribution is 6.30. The number of aryl methyl sites for hydroxylation is 1. The van der Waals surface area contributed by atoms with Gasteiger partial charge in [0.25, 0.3) is 0 Å². The molecule has 0 spiro atoms. The van der Waals surface area contributed by atoms with Gasteiger partial charge in [-0.3, -0.25) is 0 Å². The summed E-state index contributed by atoms with van der Waals surface area (Å²) in [5, 5.41) is 23.8. The number of anilines is 1. The molecule has 0 radical (unpaired) electrons. The standard InChI is InChI=1S/C18H21ClN2O2/c1-12-3-5-13(6-4-12)18(2,23)10-15(20)11-21-16-8-7-14(19)9-17(16)22/h3-9,11,21-23H,10,20H2,1-2H3/b15-11-. The minimum absolute atomic E-state index is 0.0341. The molecule has 2 aromatic carbocycles. The third-order valence-corrected chi connectivity index (χ3v) is 3.83. The van der Waals surface area contributed by atoms with E-state index in [9.17, 15) is 10.2 Å². The van der Waals surface area contributed by atoms with E-state index in [-0.39, 0.29) is 12.2 Å². The molecule has 5 N–H and O–H groups in total. The van der Waals surface area contributed by atoms with Gasteiger partial charge in [0.05, 0.1) is 11.3 Å². The lowest BCUT2D eigenvalue weighted by Gasteiger charge is -2.24. The first-order valence-electron chi connectivity index (χ1n) is 7.27. The van der Waals surface area contributed by atoms with E-state index in [1.807, 2.05) is 31.2 Å². The van der Waals surface area contributed by atoms with Gasteiger partial charge in [-0.2, -0.15) is 0 Å². The number of rotatable bonds is 5. The van der Waals surface area contributed by atoms with E-state index < -0.39 is 5.60 Å². The predicted octanol–water partition coefficient (Wildman–Crippen LogP) is 3.86. The van der Waals surface area contributed by atoms with Crippen LogP contribution in [0.1, 0.15) is 24.5 Å². The Labute approximate surface area is 141 Å². The number of hydrogen-bond acceptors (Lipinski definition) is 4. The molecule has 0 amide bonds. The Bertz CT molecular complexity index is 709. The van der Waals surface area contributed by atoms with Gasteiger partial charge in [-0.05, 0) is 31.5 Å². The summed E-state index contributed by atoms with van der Waals surface area (Å²) in [6, 6.07) is 12.4. The summed E-state index contributed by atoms with van der Waals surface area (Å²) < 4.78 is 0. The van der Waals surface area contributed by atoms with E-state index in [1.54, 1.807) is 25.3 Å². The number of hydrogen-bond donors (Lipinski definition) is 4. The summed E-state index contributed by atoms with van der Waals surface area (Å²) in [4.78, 5) is 0. The van der Waals surface area contributed by atoms with E-state index >= 15 is 0 Å². The molecule has 0 aliphatic carbocycles. The van der Waals surface area contributed by atoms with Crippen molar-refractivity contribution >= 4 is 17.3 Å². The summed E-state index contributed by atoms with van der Waals surface area (Å²) in [5.41, 5.74) is 7.80. The second kappa shape index (κ2) is 6.94. The van der Waals surface area contributed by atoms with Gasteiger partial charge in [0.2, 0.25) is 0 Å². The Morgan fingerprint density at radius 3 is 2.52 bits per heavy atom. The predicted molar refractivity (Wildman–Crippen MR) is 94.4 cm³/mol. The fourth-order valence-electron chi connectivity index (χ4n) is 2.26. The number of nitrogens with one attached hydrogen (secondary N) is 1. The van der Waals surface area contributed by atoms with Crippen LogP contribution in [-0.4, -0.2) is 10.2 Å². The molecule has 0 fully saturated rings. The van der Waals surface area contributed by atoms with Crippen LogP contribution in [0.2, 0.25) is 5.02 Å². The minimum Gasteiger partial charge on any atom is -0.506 e. The van der Waals surface area contributed by atoms with Gasteiger partial charge < -0.3 is 21.3 Å². The van der Waals surface area contributed by atoms with E-state index in [4.69, 9.17) is 17.3 Å². The molecule has 0 saturated heterocycles. The van der Waals surface area contributed by atoms with Crippen LogP contribution in [0.5, 0.6) is 5.75 Å². The second-order valence-electron chi connectivity index (χ2n) is 5.84. The van der Waals surface area contributed by atoms with Crippen molar-refractivity contribution in [3.05, 3.63) is 70.5 Å². The quantitative estimate of drug-likeness (QED) is 0.627. The fourth-order valence-corrected chi connectivity index (χ4v) is 2.43. The normalized spacial score (nSPS) is 14.3. The smallest absolute Gasteiger partial charge is 0.140 e. The number of aliphatic hydroxyl groups is 1. The number of halogens is 1. The largest absolute Gasteiger partial charge is 0.506 e. The average molecular weight is 333 g/mol. The molecule has 23 heavy (non-hydrogen) atoms. The maximum absolute atomic E-state index is 10.6. The molecule has 0 aliphatic heterocycles. The third-order valence-electron chi connectivity index (χ3n) is 3.59. The van der Waals surface area contributed by atoms with Crippen molar-refractivity contribution in [3.63, 3.8) is 0 Å². The summed E-state index contributed by atoms with van der Waals surface area (Å²) in [6.07, 6.45) is 1.82. The highest BCUT2D eigenvalue weighted by atomic mass is 35.5. The van der Waals surface area contributed by atoms with Crippen LogP contribution in [0.4, 0.5) is 5.69 Å². The number of phenolic OH excluding ortho intramolecular Hbond substituents is 1. The van der Waals surface area contributed by atoms with E-state index in [0.717, 1.165) is 11.1 Å². The Morgan fingerprint density at radius 2 is 1.91 bits per heavy atom. The first kappa shape index (κ1) is 17.2. The lowest BCUT2D eigenvalue weighted by molar-refractivity contribution is 0.0572. The summed E-state index contributed by atoms with van der Waals surface area (Å²) >= 11 is 5.78. The van der Waals surface area contributed by atoms with E-state index in [1.165, 1.54) is 6.07 Å². The van der Waals surface area contributed by atoms with Gasteiger partial charge in [0.15, 0.2) is 0 Å². The zero-order valence-electron chi connectivity index (χ0n) is 13.2. The Morgan fingerprint density at radius 1 is 1.26 bits per heavy atom. The lowest BCUT2D eigenvalue weighted by Crippen LogP contribution is -2.24. The van der Waals surface area contributed by atoms with Crippen molar-refractivity contribution in [2.24, 2.45) is 5.73 Å². The van der Waals surface area contributed by atoms with Crippen LogP contribution < -0.4 is 11.1 Å². The maximum atomic E-state index is 10.6. The van der Waals surface area contributed by atoms with Crippen LogP contribution in [0.3, 0.4) is 0 Å². The molecule has 2 aromatic rings. The third kappa shape index (κ3) is 4.65. The van der Waals surface area contributed by atoms with Crippen molar-refractivity contribution < 1.29 is 10.2 Å². The molecule has 1 unspecified atom stereocenters. The van der Waals surface area contributed by atoms with Crippen molar-refractivity contribution in [2.75, 3.05) is 5.32 Å². The highest BCUT2D eigenvalue weighted by Gasteiger charge is 2.23. The number of benzene rings is 2. The molecule has 122 valence electrons. The minimum atomic E-state index is -1.07. The molecule has 5 heteroatoms. The topological polar surface area (TPSA) is 78.5 Å². The van der Waals surface area contributed by atoms with Gasteiger partial charge in [0.1, 0.15) is 5.75 Å². The van der Waals surface area contributed by atoms with E-state index in [0.29, 0.717) is 16.4 Å². The van der Waals surface area contributed by atoms with Crippen molar-refractivity contribution in [1.29, 1.82) is 0 Å². The molecule has 0 aromatic heterocycles. The fraction of sp³-hybridized carbons (Fsp3) is 0.222. The summed E-state index contributed by atoms with van der Waals surface area (Å²) in [6.45, 7) is 3.72. The monoisotopic (exact) mass is 332 g/mol. The summed E-state index contributed by atoms with van der Waals surface area (Å²) in [5.74, 6) is 0.0341. The molecule has 0 heterocycles. The number of phenols is 1. The number of nitrogens with two attached hydrogens (primary N) is 1. The first-order chi connectivity index (χ1) is 10.8. The van der Waals surface area contributed by atoms with Crippen LogP contribution in [0.25, 0.3) is 0 Å². The lowest BCUT2D eigenvalue weighted by atomic mass is 9.91. The van der Waals surface area contributed by atoms with Gasteiger partial charge >= 0.3 is 0 Å². The molecule has 0 aliphatic rings. The SMILES string of the molecule is Cc1ccc(C(C)(O)C/C(N)=C/Nc2ccc(Cl)cc2O)cc1. The Balaban J connectivity index is 2.07. The van der Waals surface area contributed by atoms with Gasteiger partial charge in [-0.1, -0.05) is 41.4 Å². The highest BCUT2D eigenvalue weighted by Crippen LogP contribution is 2.29. The summed E-state index contributed by atoms with van der Waals surface area (Å²) in [7, 11) is 0. The zero-order chi connectivity index (χ0) is 17.0. The Hall–Kier alpha value is -2.17. The Kier molecular flexibility index (Phi) is 5.19. The molecule has 1 atom stereocenters. The van der Waals surface area contributed by atoms with Crippen molar-refractivity contribution in [2.45, 2.75) is 25.9 Å². The van der Waals surface area contributed by atoms with E-state index in [2.05, 4.69) is 5.32 Å². The van der Waals surface area contributed by atoms with Gasteiger partial charge in [-0.25, -0.2) is 0 Å². The van der Waals surface area contributed by atoms with Gasteiger partial charge in [-0.15, -0.1) is 0 Å². The average Bonchev–Trinajstić information content (AvgIpc) is 2.46. The van der Waals surface area contributed by atoms with Crippen LogP contribution in [0, 0.1) is 6.92 Å². The molecule has 2 rings (SSSR count). The number of aromatic hydroxyl groups is 1. The van der Waals surface area contributed by atoms with Gasteiger partial charge in [0, 0.05) is 29.4 Å². The van der Waals surface area contributed by atoms with Crippen LogP contribution in [-0.2, 0) is 5.60 Å². The first-order valence-corrected chi connectivity index (χ1v) is 7.65. The van der Waals surface area contributed by atoms with Crippen LogP contribution >= 0.6 is 11.6 Å². The van der Waals surface area contributed by atoms with Crippen molar-refractivity contribution in [1.82, 2.24) is 0 Å². The molecule has 4 nitrogen and oxygen atoms in total. The molecule has 0 saturated carbocycles.